The number of nitrogens with one attached hydrogen (secondary N) is 1. The number of sulfonamides is 1. The molecule has 1 heterocycles. The molecule has 3 rings (SSSR count). The number of benzene rings is 2. The van der Waals surface area contributed by atoms with Crippen LogP contribution in [-0.4, -0.2) is 26.0 Å². The number of carbonyl (C=O) groups excluding carboxylic acids is 2. The van der Waals surface area contributed by atoms with Crippen LogP contribution in [0.3, 0.4) is 0 Å². The Labute approximate surface area is 175 Å². The summed E-state index contributed by atoms with van der Waals surface area (Å²) >= 11 is 6.20. The van der Waals surface area contributed by atoms with E-state index in [0.717, 1.165) is 5.56 Å². The number of para-hydroxylation sites is 1. The second-order valence-corrected chi connectivity index (χ2v) is 10.3. The molecule has 0 atom stereocenters. The fourth-order valence-electron chi connectivity index (χ4n) is 3.36. The third-order valence-corrected chi connectivity index (χ3v) is 7.17. The Bertz CT molecular complexity index is 1090. The zero-order valence-corrected chi connectivity index (χ0v) is 18.3. The van der Waals surface area contributed by atoms with E-state index in [1.165, 1.54) is 18.2 Å². The molecule has 1 fully saturated rings. The van der Waals surface area contributed by atoms with Gasteiger partial charge in [0.2, 0.25) is 15.9 Å². The molecule has 2 amide bonds. The van der Waals surface area contributed by atoms with E-state index in [0.29, 0.717) is 9.99 Å². The van der Waals surface area contributed by atoms with E-state index in [1.54, 1.807) is 19.9 Å². The molecule has 0 bridgehead atoms. The summed E-state index contributed by atoms with van der Waals surface area (Å²) < 4.78 is 25.9. The molecule has 29 heavy (non-hydrogen) atoms. The van der Waals surface area contributed by atoms with Gasteiger partial charge < -0.3 is 5.32 Å². The number of halogens is 1. The van der Waals surface area contributed by atoms with Crippen molar-refractivity contribution in [1.29, 1.82) is 0 Å². The average Bonchev–Trinajstić information content (AvgIpc) is 2.78. The molecule has 1 saturated heterocycles. The van der Waals surface area contributed by atoms with Gasteiger partial charge in [-0.25, -0.2) is 12.7 Å². The predicted octanol–water partition coefficient (Wildman–Crippen LogP) is 4.42. The fraction of sp³-hybridized carbons (Fsp3) is 0.333. The molecule has 154 valence electrons. The predicted molar refractivity (Wildman–Crippen MR) is 115 cm³/mol. The normalized spacial score (nSPS) is 17.6. The standard InChI is InChI=1S/C21H23ClN2O4S/c1-13(2)15-7-5-6-8-17(15)23-19(25)14-9-10-16(22)18(11-14)24-20(26)21(3,4)12-29(24,27)28/h5-11,13H,12H2,1-4H3,(H,23,25). The summed E-state index contributed by atoms with van der Waals surface area (Å²) in [5, 5.41) is 2.94. The van der Waals surface area contributed by atoms with Crippen LogP contribution >= 0.6 is 11.6 Å². The highest BCUT2D eigenvalue weighted by molar-refractivity contribution is 7.94. The lowest BCUT2D eigenvalue weighted by Gasteiger charge is -2.19. The van der Waals surface area contributed by atoms with Gasteiger partial charge in [0.25, 0.3) is 5.91 Å². The van der Waals surface area contributed by atoms with Gasteiger partial charge in [-0.15, -0.1) is 0 Å². The summed E-state index contributed by atoms with van der Waals surface area (Å²) in [7, 11) is -3.87. The topological polar surface area (TPSA) is 83.6 Å². The lowest BCUT2D eigenvalue weighted by molar-refractivity contribution is -0.123. The van der Waals surface area contributed by atoms with Gasteiger partial charge in [0, 0.05) is 11.3 Å². The largest absolute Gasteiger partial charge is 0.322 e. The van der Waals surface area contributed by atoms with E-state index in [1.807, 2.05) is 32.0 Å². The highest BCUT2D eigenvalue weighted by Crippen LogP contribution is 2.39. The number of amides is 2. The molecule has 1 N–H and O–H groups in total. The third-order valence-electron chi connectivity index (χ3n) is 4.84. The molecule has 1 aliphatic rings. The lowest BCUT2D eigenvalue weighted by Crippen LogP contribution is -2.33. The van der Waals surface area contributed by atoms with E-state index >= 15 is 0 Å². The Hall–Kier alpha value is -2.38. The van der Waals surface area contributed by atoms with Crippen LogP contribution in [-0.2, 0) is 14.8 Å². The molecule has 2 aromatic carbocycles. The van der Waals surface area contributed by atoms with Crippen molar-refractivity contribution in [3.05, 3.63) is 58.6 Å². The van der Waals surface area contributed by atoms with Crippen molar-refractivity contribution in [3.8, 4) is 0 Å². The van der Waals surface area contributed by atoms with Gasteiger partial charge in [-0.05, 0) is 49.6 Å². The second kappa shape index (κ2) is 7.46. The van der Waals surface area contributed by atoms with Gasteiger partial charge >= 0.3 is 0 Å². The number of nitrogens with zero attached hydrogens (tertiary/aromatic N) is 1. The van der Waals surface area contributed by atoms with Crippen LogP contribution in [0.5, 0.6) is 0 Å². The summed E-state index contributed by atoms with van der Waals surface area (Å²) in [4.78, 5) is 25.5. The Morgan fingerprint density at radius 2 is 1.83 bits per heavy atom. The molecule has 2 aromatic rings. The number of hydrogen-bond acceptors (Lipinski definition) is 4. The Balaban J connectivity index is 1.98. The minimum absolute atomic E-state index is 0.00737. The molecular weight excluding hydrogens is 412 g/mol. The summed E-state index contributed by atoms with van der Waals surface area (Å²) in [5.74, 6) is -1.09. The van der Waals surface area contributed by atoms with Crippen LogP contribution in [0, 0.1) is 5.41 Å². The molecule has 1 aliphatic heterocycles. The Kier molecular flexibility index (Phi) is 5.49. The van der Waals surface area contributed by atoms with Gasteiger partial charge in [-0.3, -0.25) is 9.59 Å². The van der Waals surface area contributed by atoms with Crippen LogP contribution in [0.1, 0.15) is 49.5 Å². The van der Waals surface area contributed by atoms with E-state index in [9.17, 15) is 18.0 Å². The number of carbonyl (C=O) groups is 2. The Morgan fingerprint density at radius 1 is 1.17 bits per heavy atom. The summed E-state index contributed by atoms with van der Waals surface area (Å²) in [6.07, 6.45) is 0. The van der Waals surface area contributed by atoms with E-state index in [4.69, 9.17) is 11.6 Å². The first-order valence-corrected chi connectivity index (χ1v) is 11.2. The number of hydrogen-bond donors (Lipinski definition) is 1. The summed E-state index contributed by atoms with van der Waals surface area (Å²) in [5.41, 5.74) is 0.795. The van der Waals surface area contributed by atoms with Crippen molar-refractivity contribution in [2.24, 2.45) is 5.41 Å². The maximum Gasteiger partial charge on any atom is 0.255 e. The van der Waals surface area contributed by atoms with Crippen molar-refractivity contribution in [2.75, 3.05) is 15.4 Å². The van der Waals surface area contributed by atoms with Gasteiger partial charge in [0.15, 0.2) is 0 Å². The zero-order valence-electron chi connectivity index (χ0n) is 16.7. The molecule has 0 aliphatic carbocycles. The molecule has 0 aromatic heterocycles. The molecular formula is C21H23ClN2O4S. The first-order chi connectivity index (χ1) is 13.4. The molecule has 6 nitrogen and oxygen atoms in total. The van der Waals surface area contributed by atoms with Gasteiger partial charge in [-0.1, -0.05) is 43.6 Å². The van der Waals surface area contributed by atoms with E-state index in [2.05, 4.69) is 5.32 Å². The third kappa shape index (κ3) is 4.02. The molecule has 0 radical (unpaired) electrons. The van der Waals surface area contributed by atoms with Gasteiger partial charge in [0.1, 0.15) is 0 Å². The fourth-order valence-corrected chi connectivity index (χ4v) is 5.73. The highest BCUT2D eigenvalue weighted by atomic mass is 35.5. The molecule has 0 saturated carbocycles. The zero-order chi connectivity index (χ0) is 21.6. The maximum atomic E-state index is 12.8. The molecule has 8 heteroatoms. The highest BCUT2D eigenvalue weighted by Gasteiger charge is 2.50. The van der Waals surface area contributed by atoms with Crippen molar-refractivity contribution in [1.82, 2.24) is 0 Å². The second-order valence-electron chi connectivity index (χ2n) is 8.07. The van der Waals surface area contributed by atoms with Crippen molar-refractivity contribution >= 4 is 44.8 Å². The van der Waals surface area contributed by atoms with Gasteiger partial charge in [-0.2, -0.15) is 0 Å². The van der Waals surface area contributed by atoms with Crippen LogP contribution < -0.4 is 9.62 Å². The summed E-state index contributed by atoms with van der Waals surface area (Å²) in [6, 6.07) is 11.7. The Morgan fingerprint density at radius 3 is 2.41 bits per heavy atom. The number of rotatable bonds is 4. The monoisotopic (exact) mass is 434 g/mol. The average molecular weight is 435 g/mol. The van der Waals surface area contributed by atoms with Gasteiger partial charge in [0.05, 0.1) is 21.9 Å². The van der Waals surface area contributed by atoms with Crippen molar-refractivity contribution in [3.63, 3.8) is 0 Å². The van der Waals surface area contributed by atoms with Crippen molar-refractivity contribution in [2.45, 2.75) is 33.6 Å². The van der Waals surface area contributed by atoms with E-state index in [-0.39, 0.29) is 27.9 Å². The van der Waals surface area contributed by atoms with E-state index < -0.39 is 27.3 Å². The lowest BCUT2D eigenvalue weighted by atomic mass is 9.95. The van der Waals surface area contributed by atoms with Crippen LogP contribution in [0.2, 0.25) is 5.02 Å². The summed E-state index contributed by atoms with van der Waals surface area (Å²) in [6.45, 7) is 7.19. The van der Waals surface area contributed by atoms with Crippen LogP contribution in [0.4, 0.5) is 11.4 Å². The minimum Gasteiger partial charge on any atom is -0.322 e. The first kappa shape index (κ1) is 21.3. The van der Waals surface area contributed by atoms with Crippen LogP contribution in [0.15, 0.2) is 42.5 Å². The smallest absolute Gasteiger partial charge is 0.255 e. The van der Waals surface area contributed by atoms with Crippen molar-refractivity contribution < 1.29 is 18.0 Å². The number of anilines is 2. The minimum atomic E-state index is -3.87. The SMILES string of the molecule is CC(C)c1ccccc1NC(=O)c1ccc(Cl)c(N2C(=O)C(C)(C)CS2(=O)=O)c1. The molecule has 0 spiro atoms. The maximum absolute atomic E-state index is 12.8. The van der Waals surface area contributed by atoms with Crippen LogP contribution in [0.25, 0.3) is 0 Å². The first-order valence-electron chi connectivity index (χ1n) is 9.21. The molecule has 0 unspecified atom stereocenters. The quantitative estimate of drug-likeness (QED) is 0.772.